The maximum atomic E-state index is 11.5. The number of carbonyl (C=O) groups excluding carboxylic acids is 1. The van der Waals surface area contributed by atoms with Gasteiger partial charge < -0.3 is 9.47 Å². The van der Waals surface area contributed by atoms with Gasteiger partial charge >= 0.3 is 5.97 Å². The van der Waals surface area contributed by atoms with Gasteiger partial charge in [-0.3, -0.25) is 4.79 Å². The highest BCUT2D eigenvalue weighted by atomic mass is 16.5. The largest absolute Gasteiger partial charge is 0.497 e. The number of carbonyl (C=O) groups is 1. The van der Waals surface area contributed by atoms with Crippen LogP contribution in [0.25, 0.3) is 0 Å². The highest BCUT2D eigenvalue weighted by Gasteiger charge is 2.11. The van der Waals surface area contributed by atoms with E-state index in [1.54, 1.807) is 7.11 Å². The molecule has 0 aliphatic heterocycles. The van der Waals surface area contributed by atoms with Crippen molar-refractivity contribution >= 4 is 5.97 Å². The number of benzene rings is 1. The van der Waals surface area contributed by atoms with Crippen LogP contribution in [0, 0.1) is 5.92 Å². The first-order valence-corrected chi connectivity index (χ1v) is 6.33. The third kappa shape index (κ3) is 5.21. The fourth-order valence-electron chi connectivity index (χ4n) is 1.74. The summed E-state index contributed by atoms with van der Waals surface area (Å²) in [6.07, 6.45) is 1.12. The van der Waals surface area contributed by atoms with Crippen molar-refractivity contribution in [1.29, 1.82) is 0 Å². The van der Waals surface area contributed by atoms with Gasteiger partial charge in [0.1, 0.15) is 11.9 Å². The van der Waals surface area contributed by atoms with E-state index in [-0.39, 0.29) is 12.1 Å². The molecule has 0 spiro atoms. The van der Waals surface area contributed by atoms with E-state index in [2.05, 4.69) is 0 Å². The molecule has 0 aromatic heterocycles. The molecule has 0 aliphatic carbocycles. The molecule has 0 saturated carbocycles. The fourth-order valence-corrected chi connectivity index (χ4v) is 1.74. The zero-order chi connectivity index (χ0) is 13.5. The molecular formula is C15H22O3. The number of ether oxygens (including phenoxy) is 2. The monoisotopic (exact) mass is 250 g/mol. The summed E-state index contributed by atoms with van der Waals surface area (Å²) in [5.74, 6) is 1.06. The normalized spacial score (nSPS) is 12.3. The minimum Gasteiger partial charge on any atom is -0.497 e. The Kier molecular flexibility index (Phi) is 5.69. The first-order chi connectivity index (χ1) is 8.51. The van der Waals surface area contributed by atoms with Crippen LogP contribution in [0.1, 0.15) is 32.8 Å². The van der Waals surface area contributed by atoms with Gasteiger partial charge in [-0.1, -0.05) is 26.0 Å². The average Bonchev–Trinajstić information content (AvgIpc) is 2.28. The van der Waals surface area contributed by atoms with Gasteiger partial charge in [0.25, 0.3) is 0 Å². The molecule has 1 aromatic carbocycles. The highest BCUT2D eigenvalue weighted by molar-refractivity contribution is 5.69. The third-order valence-corrected chi connectivity index (χ3v) is 2.59. The summed E-state index contributed by atoms with van der Waals surface area (Å²) >= 11 is 0. The molecule has 0 N–H and O–H groups in total. The molecule has 0 aliphatic rings. The number of esters is 1. The number of hydrogen-bond acceptors (Lipinski definition) is 3. The smallest absolute Gasteiger partial charge is 0.306 e. The maximum Gasteiger partial charge on any atom is 0.306 e. The average molecular weight is 250 g/mol. The summed E-state index contributed by atoms with van der Waals surface area (Å²) in [4.78, 5) is 11.5. The Labute approximate surface area is 109 Å². The second kappa shape index (κ2) is 7.04. The second-order valence-electron chi connectivity index (χ2n) is 4.95. The Morgan fingerprint density at radius 3 is 2.28 bits per heavy atom. The van der Waals surface area contributed by atoms with Gasteiger partial charge in [0, 0.05) is 12.8 Å². The Morgan fingerprint density at radius 1 is 1.17 bits per heavy atom. The van der Waals surface area contributed by atoms with Gasteiger partial charge in [-0.05, 0) is 30.5 Å². The van der Waals surface area contributed by atoms with E-state index in [0.717, 1.165) is 17.7 Å². The summed E-state index contributed by atoms with van der Waals surface area (Å²) in [5, 5.41) is 0. The van der Waals surface area contributed by atoms with Crippen molar-refractivity contribution in [2.45, 2.75) is 39.7 Å². The van der Waals surface area contributed by atoms with Crippen molar-refractivity contribution in [2.75, 3.05) is 7.11 Å². The van der Waals surface area contributed by atoms with Gasteiger partial charge in [0.05, 0.1) is 7.11 Å². The third-order valence-electron chi connectivity index (χ3n) is 2.59. The predicted molar refractivity (Wildman–Crippen MR) is 71.7 cm³/mol. The van der Waals surface area contributed by atoms with Crippen LogP contribution in [0.2, 0.25) is 0 Å². The first kappa shape index (κ1) is 14.6. The highest BCUT2D eigenvalue weighted by Crippen LogP contribution is 2.14. The lowest BCUT2D eigenvalue weighted by Crippen LogP contribution is -2.18. The Bertz CT molecular complexity index is 368. The molecule has 3 nitrogen and oxygen atoms in total. The molecule has 100 valence electrons. The van der Waals surface area contributed by atoms with E-state index in [9.17, 15) is 4.79 Å². The van der Waals surface area contributed by atoms with E-state index in [4.69, 9.17) is 9.47 Å². The van der Waals surface area contributed by atoms with Crippen molar-refractivity contribution < 1.29 is 14.3 Å². The Balaban J connectivity index is 2.43. The maximum absolute atomic E-state index is 11.5. The molecule has 0 fully saturated rings. The van der Waals surface area contributed by atoms with E-state index in [0.29, 0.717) is 12.3 Å². The SMILES string of the molecule is COc1ccc(CC(C)OC(=O)CC(C)C)cc1. The van der Waals surface area contributed by atoms with Crippen LogP contribution in [0.4, 0.5) is 0 Å². The van der Waals surface area contributed by atoms with Crippen molar-refractivity contribution in [2.24, 2.45) is 5.92 Å². The lowest BCUT2D eigenvalue weighted by Gasteiger charge is -2.14. The minimum absolute atomic E-state index is 0.0929. The predicted octanol–water partition coefficient (Wildman–Crippen LogP) is 3.22. The van der Waals surface area contributed by atoms with Crippen molar-refractivity contribution in [3.8, 4) is 5.75 Å². The van der Waals surface area contributed by atoms with Crippen LogP contribution in [0.3, 0.4) is 0 Å². The number of hydrogen-bond donors (Lipinski definition) is 0. The number of methoxy groups -OCH3 is 1. The van der Waals surface area contributed by atoms with Crippen LogP contribution in [-0.4, -0.2) is 19.2 Å². The van der Waals surface area contributed by atoms with E-state index in [1.807, 2.05) is 45.0 Å². The van der Waals surface area contributed by atoms with Crippen molar-refractivity contribution in [1.82, 2.24) is 0 Å². The van der Waals surface area contributed by atoms with E-state index >= 15 is 0 Å². The summed E-state index contributed by atoms with van der Waals surface area (Å²) in [6.45, 7) is 5.94. The van der Waals surface area contributed by atoms with Gasteiger partial charge in [-0.25, -0.2) is 0 Å². The summed E-state index contributed by atoms with van der Waals surface area (Å²) < 4.78 is 10.4. The summed E-state index contributed by atoms with van der Waals surface area (Å²) in [7, 11) is 1.64. The molecule has 0 radical (unpaired) electrons. The molecule has 18 heavy (non-hydrogen) atoms. The van der Waals surface area contributed by atoms with Crippen LogP contribution in [0.15, 0.2) is 24.3 Å². The molecule has 1 unspecified atom stereocenters. The van der Waals surface area contributed by atoms with E-state index in [1.165, 1.54) is 0 Å². The fraction of sp³-hybridized carbons (Fsp3) is 0.533. The number of rotatable bonds is 6. The van der Waals surface area contributed by atoms with Gasteiger partial charge in [0.15, 0.2) is 0 Å². The molecule has 1 atom stereocenters. The van der Waals surface area contributed by atoms with Gasteiger partial charge in [0.2, 0.25) is 0 Å². The van der Waals surface area contributed by atoms with Crippen LogP contribution < -0.4 is 4.74 Å². The van der Waals surface area contributed by atoms with Gasteiger partial charge in [-0.2, -0.15) is 0 Å². The zero-order valence-corrected chi connectivity index (χ0v) is 11.6. The molecule has 3 heteroatoms. The van der Waals surface area contributed by atoms with Crippen molar-refractivity contribution in [3.05, 3.63) is 29.8 Å². The zero-order valence-electron chi connectivity index (χ0n) is 11.6. The van der Waals surface area contributed by atoms with Crippen molar-refractivity contribution in [3.63, 3.8) is 0 Å². The van der Waals surface area contributed by atoms with Crippen LogP contribution >= 0.6 is 0 Å². The van der Waals surface area contributed by atoms with Gasteiger partial charge in [-0.15, -0.1) is 0 Å². The Morgan fingerprint density at radius 2 is 1.78 bits per heavy atom. The molecule has 1 rings (SSSR count). The molecular weight excluding hydrogens is 228 g/mol. The minimum atomic E-state index is -0.119. The molecule has 0 bridgehead atoms. The topological polar surface area (TPSA) is 35.5 Å². The lowest BCUT2D eigenvalue weighted by atomic mass is 10.1. The lowest BCUT2D eigenvalue weighted by molar-refractivity contribution is -0.149. The molecule has 0 amide bonds. The summed E-state index contributed by atoms with van der Waals surface area (Å²) in [5.41, 5.74) is 1.14. The molecule has 0 heterocycles. The first-order valence-electron chi connectivity index (χ1n) is 6.33. The standard InChI is InChI=1S/C15H22O3/c1-11(2)9-15(16)18-12(3)10-13-5-7-14(17-4)8-6-13/h5-8,11-12H,9-10H2,1-4H3. The second-order valence-corrected chi connectivity index (χ2v) is 4.95. The van der Waals surface area contributed by atoms with Crippen LogP contribution in [0.5, 0.6) is 5.75 Å². The van der Waals surface area contributed by atoms with E-state index < -0.39 is 0 Å². The Hall–Kier alpha value is -1.51. The molecule has 0 saturated heterocycles. The molecule has 1 aromatic rings. The van der Waals surface area contributed by atoms with Crippen LogP contribution in [-0.2, 0) is 16.0 Å². The quantitative estimate of drug-likeness (QED) is 0.727. The summed E-state index contributed by atoms with van der Waals surface area (Å²) in [6, 6.07) is 7.81.